The van der Waals surface area contributed by atoms with Gasteiger partial charge in [-0.3, -0.25) is 9.80 Å². The molecule has 1 amide bonds. The van der Waals surface area contributed by atoms with Crippen LogP contribution in [0.4, 0.5) is 4.79 Å². The number of hydrogen-bond acceptors (Lipinski definition) is 12. The Kier molecular flexibility index (Phi) is 9.76. The number of aromatic hydroxyl groups is 2. The molecule has 1 fully saturated rings. The predicted octanol–water partition coefficient (Wildman–Crippen LogP) is 5.95. The molecule has 2 bridgehead atoms. The highest BCUT2D eigenvalue weighted by atomic mass is 16.5. The number of amides is 1. The maximum atomic E-state index is 13.8. The van der Waals surface area contributed by atoms with Gasteiger partial charge in [-0.15, -0.1) is 0 Å². The average molecular weight is 772 g/mol. The normalized spacial score (nSPS) is 21.7. The summed E-state index contributed by atoms with van der Waals surface area (Å²) in [6, 6.07) is 17.7. The van der Waals surface area contributed by atoms with Crippen LogP contribution in [0.1, 0.15) is 62.5 Å². The molecular formula is C44H45N5O8. The lowest BCUT2D eigenvalue weighted by Crippen LogP contribution is -2.69. The predicted molar refractivity (Wildman–Crippen MR) is 209 cm³/mol. The Hall–Kier alpha value is -6.15. The van der Waals surface area contributed by atoms with Crippen molar-refractivity contribution in [2.75, 3.05) is 48.1 Å². The van der Waals surface area contributed by atoms with Crippen molar-refractivity contribution in [1.29, 1.82) is 10.5 Å². The second-order valence-corrected chi connectivity index (χ2v) is 14.9. The fraction of sp³-hybridized carbons (Fsp3) is 0.386. The van der Waals surface area contributed by atoms with Crippen LogP contribution in [0.2, 0.25) is 0 Å². The minimum Gasteiger partial charge on any atom is -0.504 e. The monoisotopic (exact) mass is 771 g/mol. The number of nitrogens with zero attached hydrogens (tertiary/aromatic N) is 4. The number of benzene rings is 4. The Morgan fingerprint density at radius 2 is 1.32 bits per heavy atom. The fourth-order valence-corrected chi connectivity index (χ4v) is 10.4. The lowest BCUT2D eigenvalue weighted by atomic mass is 9.71. The van der Waals surface area contributed by atoms with Gasteiger partial charge >= 0.3 is 6.09 Å². The van der Waals surface area contributed by atoms with Crippen LogP contribution in [0.5, 0.6) is 34.5 Å². The van der Waals surface area contributed by atoms with Gasteiger partial charge in [0, 0.05) is 57.9 Å². The Morgan fingerprint density at radius 1 is 0.789 bits per heavy atom. The van der Waals surface area contributed by atoms with Crippen molar-refractivity contribution in [2.24, 2.45) is 0 Å². The van der Waals surface area contributed by atoms with Gasteiger partial charge in [-0.2, -0.15) is 10.5 Å². The van der Waals surface area contributed by atoms with Crippen LogP contribution in [-0.4, -0.2) is 92.4 Å². The van der Waals surface area contributed by atoms with Gasteiger partial charge in [0.2, 0.25) is 0 Å². The van der Waals surface area contributed by atoms with E-state index in [1.54, 1.807) is 21.1 Å². The molecule has 5 atom stereocenters. The first-order valence-electron chi connectivity index (χ1n) is 19.0. The summed E-state index contributed by atoms with van der Waals surface area (Å²) in [4.78, 5) is 17.8. The number of alkyl carbamates (subject to hydrolysis) is 1. The van der Waals surface area contributed by atoms with Gasteiger partial charge < -0.3 is 39.2 Å². The minimum absolute atomic E-state index is 0.0191. The molecule has 57 heavy (non-hydrogen) atoms. The van der Waals surface area contributed by atoms with Crippen molar-refractivity contribution < 1.29 is 38.7 Å². The first-order chi connectivity index (χ1) is 27.6. The largest absolute Gasteiger partial charge is 0.504 e. The number of fused-ring (bicyclic) bond motifs is 10. The van der Waals surface area contributed by atoms with E-state index in [0.717, 1.165) is 27.8 Å². The highest BCUT2D eigenvalue weighted by molar-refractivity contribution is 5.79. The number of hydrogen-bond donors (Lipinski definition) is 3. The molecule has 4 aliphatic rings. The van der Waals surface area contributed by atoms with E-state index in [9.17, 15) is 25.5 Å². The van der Waals surface area contributed by atoms with E-state index in [-0.39, 0.29) is 61.5 Å². The van der Waals surface area contributed by atoms with Crippen LogP contribution >= 0.6 is 0 Å². The fourth-order valence-electron chi connectivity index (χ4n) is 10.4. The second-order valence-electron chi connectivity index (χ2n) is 14.9. The highest BCUT2D eigenvalue weighted by Gasteiger charge is 2.58. The number of phenols is 2. The first kappa shape index (κ1) is 37.8. The summed E-state index contributed by atoms with van der Waals surface area (Å²) in [5.74, 6) is 1.20. The van der Waals surface area contributed by atoms with Crippen LogP contribution in [0.25, 0.3) is 11.1 Å². The van der Waals surface area contributed by atoms with E-state index in [1.165, 1.54) is 14.2 Å². The maximum Gasteiger partial charge on any atom is 0.407 e. The minimum atomic E-state index is -0.831. The molecule has 4 aromatic rings. The number of carbonyl (C=O) groups is 1. The van der Waals surface area contributed by atoms with E-state index >= 15 is 0 Å². The summed E-state index contributed by atoms with van der Waals surface area (Å²) in [5, 5.41) is 48.2. The third kappa shape index (κ3) is 5.59. The molecule has 0 aromatic heterocycles. The number of methoxy groups -OCH3 is 4. The van der Waals surface area contributed by atoms with E-state index < -0.39 is 36.3 Å². The maximum absolute atomic E-state index is 13.8. The topological polar surface area (TPSA) is 170 Å². The Bertz CT molecular complexity index is 2320. The Morgan fingerprint density at radius 3 is 1.86 bits per heavy atom. The lowest BCUT2D eigenvalue weighted by Gasteiger charge is -2.60. The van der Waals surface area contributed by atoms with Gasteiger partial charge in [0.05, 0.1) is 59.2 Å². The summed E-state index contributed by atoms with van der Waals surface area (Å²) in [6.45, 7) is 3.64. The molecule has 0 saturated carbocycles. The van der Waals surface area contributed by atoms with Gasteiger partial charge in [-0.05, 0) is 48.9 Å². The third-order valence-corrected chi connectivity index (χ3v) is 12.5. The van der Waals surface area contributed by atoms with E-state index in [0.29, 0.717) is 39.3 Å². The molecule has 1 aliphatic carbocycles. The number of rotatable bonds is 9. The number of ether oxygens (including phenoxy) is 5. The third-order valence-electron chi connectivity index (χ3n) is 12.5. The molecule has 3 aliphatic heterocycles. The molecule has 8 rings (SSSR count). The Labute approximate surface area is 331 Å². The number of piperazine rings is 1. The quantitative estimate of drug-likeness (QED) is 0.171. The van der Waals surface area contributed by atoms with Crippen molar-refractivity contribution >= 4 is 6.09 Å². The molecule has 294 valence electrons. The van der Waals surface area contributed by atoms with Crippen molar-refractivity contribution in [3.8, 4) is 57.8 Å². The molecule has 1 saturated heterocycles. The standard InChI is InChI=1S/C44H45N5O8/c1-22-40(53-3)28-18-32-37-36-29(41(54-4)23(2)43(56-6)39(36)51)17-31(48(37)16-15-45)33(19-46)49(32)34(35(28)38(50)42(22)55-5)20-47-44(52)57-21-30-26-13-9-7-11-24(26)25-12-8-10-14-27(25)30/h7-14,30-34,37,50-51H,16-18,20-21H2,1-6H3,(H,47,52)/t31-,32-,33-,34-,37-/m0/s1. The molecule has 4 aromatic carbocycles. The van der Waals surface area contributed by atoms with Crippen LogP contribution < -0.4 is 24.3 Å². The van der Waals surface area contributed by atoms with Gasteiger partial charge in [0.25, 0.3) is 0 Å². The summed E-state index contributed by atoms with van der Waals surface area (Å²) < 4.78 is 29.3. The van der Waals surface area contributed by atoms with Gasteiger partial charge in [0.15, 0.2) is 23.0 Å². The highest BCUT2D eigenvalue weighted by Crippen LogP contribution is 2.59. The second kappa shape index (κ2) is 14.7. The van der Waals surface area contributed by atoms with E-state index in [4.69, 9.17) is 23.7 Å². The Balaban J connectivity index is 1.22. The van der Waals surface area contributed by atoms with Crippen molar-refractivity contribution in [3.63, 3.8) is 0 Å². The summed E-state index contributed by atoms with van der Waals surface area (Å²) in [6.07, 6.45) is -0.119. The zero-order valence-corrected chi connectivity index (χ0v) is 32.8. The molecule has 3 heterocycles. The van der Waals surface area contributed by atoms with Crippen LogP contribution in [0.15, 0.2) is 48.5 Å². The van der Waals surface area contributed by atoms with Crippen LogP contribution in [0.3, 0.4) is 0 Å². The molecule has 0 radical (unpaired) electrons. The number of nitriles is 2. The SMILES string of the molecule is COc1c(C)c(OC)c2c(c1O)[C@@H]1[C@@H]3Cc4c(OC)c(C)c(OC)c(O)c4[C@H](CNC(=O)OCC4c5ccccc5-c5ccccc54)N3[C@@H](C#N)[C@H](C2)N1CC#N. The van der Waals surface area contributed by atoms with Crippen molar-refractivity contribution in [1.82, 2.24) is 15.1 Å². The van der Waals surface area contributed by atoms with E-state index in [2.05, 4.69) is 41.7 Å². The summed E-state index contributed by atoms with van der Waals surface area (Å²) in [7, 11) is 6.06. The van der Waals surface area contributed by atoms with Gasteiger partial charge in [-0.25, -0.2) is 4.79 Å². The van der Waals surface area contributed by atoms with Crippen LogP contribution in [-0.2, 0) is 17.6 Å². The average Bonchev–Trinajstić information content (AvgIpc) is 3.53. The van der Waals surface area contributed by atoms with Crippen LogP contribution in [0, 0.1) is 36.5 Å². The van der Waals surface area contributed by atoms with Crippen molar-refractivity contribution in [2.45, 2.75) is 62.8 Å². The summed E-state index contributed by atoms with van der Waals surface area (Å²) >= 11 is 0. The smallest absolute Gasteiger partial charge is 0.407 e. The van der Waals surface area contributed by atoms with E-state index in [1.807, 2.05) is 41.0 Å². The number of nitrogens with one attached hydrogen (secondary N) is 1. The molecule has 13 heteroatoms. The van der Waals surface area contributed by atoms with Crippen molar-refractivity contribution in [3.05, 3.63) is 93.0 Å². The van der Waals surface area contributed by atoms with Gasteiger partial charge in [0.1, 0.15) is 24.1 Å². The number of phenolic OH excluding ortho intramolecular Hbond substituents is 2. The zero-order valence-electron chi connectivity index (χ0n) is 32.8. The van der Waals surface area contributed by atoms with Gasteiger partial charge in [-0.1, -0.05) is 48.5 Å². The number of carbonyl (C=O) groups excluding carboxylic acids is 1. The first-order valence-corrected chi connectivity index (χ1v) is 19.0. The molecule has 13 nitrogen and oxygen atoms in total. The molecule has 3 N–H and O–H groups in total. The molecule has 0 unspecified atom stereocenters. The molecule has 0 spiro atoms. The molecular weight excluding hydrogens is 727 g/mol. The zero-order chi connectivity index (χ0) is 40.3. The lowest BCUT2D eigenvalue weighted by molar-refractivity contribution is -0.0787. The summed E-state index contributed by atoms with van der Waals surface area (Å²) in [5.41, 5.74) is 8.02.